The van der Waals surface area contributed by atoms with Crippen molar-refractivity contribution in [2.24, 2.45) is 0 Å². The fourth-order valence-corrected chi connectivity index (χ4v) is 4.04. The van der Waals surface area contributed by atoms with Gasteiger partial charge < -0.3 is 29.0 Å². The monoisotopic (exact) mass is 385 g/mol. The first kappa shape index (κ1) is 21.0. The SMILES string of the molecule is CCCCCCCCNC(=O)[C@@H]1O[C@@H]2OC(C)(C)O[C@@H]2[C@H]2OC(C)(C)O[C@@H]21. The Bertz CT molecular complexity index is 523. The van der Waals surface area contributed by atoms with E-state index in [0.717, 1.165) is 12.8 Å². The summed E-state index contributed by atoms with van der Waals surface area (Å²) < 4.78 is 29.8. The summed E-state index contributed by atoms with van der Waals surface area (Å²) in [7, 11) is 0. The summed E-state index contributed by atoms with van der Waals surface area (Å²) in [5.41, 5.74) is 0. The van der Waals surface area contributed by atoms with Gasteiger partial charge in [0.25, 0.3) is 5.91 Å². The van der Waals surface area contributed by atoms with Gasteiger partial charge in [0, 0.05) is 6.54 Å². The summed E-state index contributed by atoms with van der Waals surface area (Å²) in [6.45, 7) is 10.2. The van der Waals surface area contributed by atoms with Crippen LogP contribution in [-0.2, 0) is 28.5 Å². The lowest BCUT2D eigenvalue weighted by molar-refractivity contribution is -0.231. The molecule has 1 amide bonds. The van der Waals surface area contributed by atoms with Crippen LogP contribution in [0.5, 0.6) is 0 Å². The summed E-state index contributed by atoms with van der Waals surface area (Å²) >= 11 is 0. The van der Waals surface area contributed by atoms with Crippen LogP contribution in [-0.4, -0.2) is 54.7 Å². The van der Waals surface area contributed by atoms with Gasteiger partial charge in [0.2, 0.25) is 0 Å². The van der Waals surface area contributed by atoms with Crippen LogP contribution in [0.2, 0.25) is 0 Å². The van der Waals surface area contributed by atoms with Crippen molar-refractivity contribution in [1.29, 1.82) is 0 Å². The van der Waals surface area contributed by atoms with Crippen molar-refractivity contribution in [3.05, 3.63) is 0 Å². The molecule has 156 valence electrons. The van der Waals surface area contributed by atoms with E-state index in [4.69, 9.17) is 23.7 Å². The number of carbonyl (C=O) groups is 1. The zero-order valence-electron chi connectivity index (χ0n) is 17.3. The number of nitrogens with one attached hydrogen (secondary N) is 1. The predicted molar refractivity (Wildman–Crippen MR) is 98.9 cm³/mol. The van der Waals surface area contributed by atoms with Crippen LogP contribution in [0, 0.1) is 0 Å². The molecule has 3 saturated heterocycles. The van der Waals surface area contributed by atoms with Gasteiger partial charge in [-0.1, -0.05) is 39.0 Å². The van der Waals surface area contributed by atoms with Crippen LogP contribution >= 0.6 is 0 Å². The van der Waals surface area contributed by atoms with E-state index in [1.165, 1.54) is 25.7 Å². The molecule has 3 aliphatic rings. The Morgan fingerprint density at radius 2 is 1.41 bits per heavy atom. The first-order chi connectivity index (χ1) is 12.7. The van der Waals surface area contributed by atoms with Crippen molar-refractivity contribution in [1.82, 2.24) is 5.32 Å². The van der Waals surface area contributed by atoms with Gasteiger partial charge in [-0.3, -0.25) is 4.79 Å². The first-order valence-electron chi connectivity index (χ1n) is 10.4. The standard InChI is InChI=1S/C20H35NO6/c1-6-7-8-9-10-11-12-21-17(22)15-13-14(25-19(2,3)24-13)16-18(23-15)27-20(4,5)26-16/h13-16,18H,6-12H2,1-5H3,(H,21,22)/t13-,14-,15+,16+,18+/m0/s1. The van der Waals surface area contributed by atoms with Crippen LogP contribution in [0.4, 0.5) is 0 Å². The maximum Gasteiger partial charge on any atom is 0.252 e. The molecule has 0 bridgehead atoms. The average molecular weight is 386 g/mol. The molecule has 27 heavy (non-hydrogen) atoms. The molecule has 3 fully saturated rings. The highest BCUT2D eigenvalue weighted by molar-refractivity contribution is 5.81. The number of unbranched alkanes of at least 4 members (excludes halogenated alkanes) is 5. The summed E-state index contributed by atoms with van der Waals surface area (Å²) in [5, 5.41) is 2.99. The van der Waals surface area contributed by atoms with Crippen molar-refractivity contribution in [3.63, 3.8) is 0 Å². The highest BCUT2D eigenvalue weighted by Crippen LogP contribution is 2.44. The third-order valence-electron chi connectivity index (χ3n) is 5.24. The Labute approximate surface area is 162 Å². The third-order valence-corrected chi connectivity index (χ3v) is 5.24. The molecule has 5 atom stereocenters. The molecule has 0 unspecified atom stereocenters. The normalized spacial score (nSPS) is 36.3. The molecule has 3 heterocycles. The number of carbonyl (C=O) groups excluding carboxylic acids is 1. The number of hydrogen-bond donors (Lipinski definition) is 1. The second-order valence-electron chi connectivity index (χ2n) is 8.65. The van der Waals surface area contributed by atoms with E-state index in [9.17, 15) is 4.79 Å². The van der Waals surface area contributed by atoms with E-state index < -0.39 is 42.3 Å². The number of fused-ring (bicyclic) bond motifs is 3. The van der Waals surface area contributed by atoms with Gasteiger partial charge in [-0.2, -0.15) is 0 Å². The van der Waals surface area contributed by atoms with Gasteiger partial charge in [0.15, 0.2) is 24.0 Å². The van der Waals surface area contributed by atoms with Gasteiger partial charge in [-0.05, 0) is 34.1 Å². The van der Waals surface area contributed by atoms with Gasteiger partial charge in [-0.15, -0.1) is 0 Å². The minimum Gasteiger partial charge on any atom is -0.354 e. The second kappa shape index (κ2) is 8.33. The average Bonchev–Trinajstić information content (AvgIpc) is 3.07. The Kier molecular flexibility index (Phi) is 6.48. The molecule has 0 radical (unpaired) electrons. The van der Waals surface area contributed by atoms with Crippen LogP contribution in [0.25, 0.3) is 0 Å². The summed E-state index contributed by atoms with van der Waals surface area (Å²) in [6, 6.07) is 0. The molecule has 0 saturated carbocycles. The van der Waals surface area contributed by atoms with E-state index in [-0.39, 0.29) is 5.91 Å². The molecule has 3 rings (SSSR count). The van der Waals surface area contributed by atoms with E-state index in [1.54, 1.807) is 0 Å². The third kappa shape index (κ3) is 5.01. The Hall–Kier alpha value is -0.730. The topological polar surface area (TPSA) is 75.3 Å². The van der Waals surface area contributed by atoms with Gasteiger partial charge in [0.05, 0.1) is 0 Å². The number of amides is 1. The summed E-state index contributed by atoms with van der Waals surface area (Å²) in [6.07, 6.45) is 4.36. The van der Waals surface area contributed by atoms with Crippen LogP contribution in [0.1, 0.15) is 73.1 Å². The van der Waals surface area contributed by atoms with E-state index >= 15 is 0 Å². The number of ether oxygens (including phenoxy) is 5. The molecular weight excluding hydrogens is 350 g/mol. The van der Waals surface area contributed by atoms with E-state index in [1.807, 2.05) is 27.7 Å². The molecule has 1 N–H and O–H groups in total. The molecule has 3 aliphatic heterocycles. The second-order valence-corrected chi connectivity index (χ2v) is 8.65. The summed E-state index contributed by atoms with van der Waals surface area (Å²) in [5.74, 6) is -1.74. The molecular formula is C20H35NO6. The Balaban J connectivity index is 1.55. The lowest BCUT2D eigenvalue weighted by atomic mass is 9.98. The van der Waals surface area contributed by atoms with Crippen molar-refractivity contribution in [2.45, 2.75) is 115 Å². The fourth-order valence-electron chi connectivity index (χ4n) is 4.04. The molecule has 0 aromatic heterocycles. The summed E-state index contributed by atoms with van der Waals surface area (Å²) in [4.78, 5) is 12.8. The van der Waals surface area contributed by atoms with Crippen molar-refractivity contribution in [3.8, 4) is 0 Å². The van der Waals surface area contributed by atoms with Gasteiger partial charge >= 0.3 is 0 Å². The highest BCUT2D eigenvalue weighted by atomic mass is 16.9. The number of hydrogen-bond acceptors (Lipinski definition) is 6. The Morgan fingerprint density at radius 3 is 2.15 bits per heavy atom. The maximum atomic E-state index is 12.8. The highest BCUT2D eigenvalue weighted by Gasteiger charge is 2.62. The van der Waals surface area contributed by atoms with Crippen LogP contribution in [0.3, 0.4) is 0 Å². The molecule has 0 aromatic carbocycles. The van der Waals surface area contributed by atoms with E-state index in [2.05, 4.69) is 12.2 Å². The predicted octanol–water partition coefficient (Wildman–Crippen LogP) is 2.86. The van der Waals surface area contributed by atoms with Crippen LogP contribution in [0.15, 0.2) is 0 Å². The quantitative estimate of drug-likeness (QED) is 0.648. The van der Waals surface area contributed by atoms with E-state index in [0.29, 0.717) is 6.54 Å². The minimum absolute atomic E-state index is 0.174. The van der Waals surface area contributed by atoms with Gasteiger partial charge in [-0.25, -0.2) is 0 Å². The number of rotatable bonds is 8. The minimum atomic E-state index is -0.790. The lowest BCUT2D eigenvalue weighted by Crippen LogP contribution is -2.59. The fraction of sp³-hybridized carbons (Fsp3) is 0.950. The molecule has 7 nitrogen and oxygen atoms in total. The smallest absolute Gasteiger partial charge is 0.252 e. The molecule has 0 spiro atoms. The zero-order chi connectivity index (χ0) is 19.7. The first-order valence-corrected chi connectivity index (χ1v) is 10.4. The molecule has 7 heteroatoms. The lowest BCUT2D eigenvalue weighted by Gasteiger charge is -2.36. The van der Waals surface area contributed by atoms with Crippen LogP contribution < -0.4 is 5.32 Å². The van der Waals surface area contributed by atoms with Crippen molar-refractivity contribution < 1.29 is 28.5 Å². The largest absolute Gasteiger partial charge is 0.354 e. The van der Waals surface area contributed by atoms with Crippen molar-refractivity contribution in [2.75, 3.05) is 6.54 Å². The van der Waals surface area contributed by atoms with Crippen molar-refractivity contribution >= 4 is 5.91 Å². The molecule has 0 aliphatic carbocycles. The maximum absolute atomic E-state index is 12.8. The zero-order valence-corrected chi connectivity index (χ0v) is 17.3. The molecule has 0 aromatic rings. The van der Waals surface area contributed by atoms with Gasteiger partial charge in [0.1, 0.15) is 18.3 Å². The Morgan fingerprint density at radius 1 is 0.815 bits per heavy atom.